The van der Waals surface area contributed by atoms with Crippen molar-refractivity contribution in [1.29, 1.82) is 0 Å². The molecule has 2 aromatic rings. The van der Waals surface area contributed by atoms with Crippen LogP contribution < -0.4 is 4.74 Å². The molecule has 1 amide bonds. The van der Waals surface area contributed by atoms with Gasteiger partial charge in [0.1, 0.15) is 5.75 Å². The number of aromatic nitrogens is 2. The molecule has 3 rings (SSSR count). The van der Waals surface area contributed by atoms with Crippen LogP contribution in [0.25, 0.3) is 11.5 Å². The molecule has 24 heavy (non-hydrogen) atoms. The third-order valence-electron chi connectivity index (χ3n) is 4.33. The maximum atomic E-state index is 12.2. The number of ether oxygens (including phenoxy) is 1. The minimum absolute atomic E-state index is 0.0128. The van der Waals surface area contributed by atoms with E-state index in [0.717, 1.165) is 30.7 Å². The highest BCUT2D eigenvalue weighted by atomic mass is 16.5. The Bertz CT molecular complexity index is 711. The third-order valence-corrected chi connectivity index (χ3v) is 4.33. The first-order valence-corrected chi connectivity index (χ1v) is 8.35. The molecule has 6 nitrogen and oxygen atoms in total. The fraction of sp³-hybridized carbons (Fsp3) is 0.500. The SMILES string of the molecule is COc1cccc(-c2nnc(C3CCCN(C(=O)C(C)C)C3)o2)c1. The largest absolute Gasteiger partial charge is 0.497 e. The number of carbonyl (C=O) groups excluding carboxylic acids is 1. The van der Waals surface area contributed by atoms with Gasteiger partial charge < -0.3 is 14.1 Å². The van der Waals surface area contributed by atoms with Gasteiger partial charge in [-0.15, -0.1) is 10.2 Å². The summed E-state index contributed by atoms with van der Waals surface area (Å²) in [5.41, 5.74) is 0.832. The molecule has 1 aromatic heterocycles. The zero-order valence-corrected chi connectivity index (χ0v) is 14.4. The molecule has 1 saturated heterocycles. The fourth-order valence-electron chi connectivity index (χ4n) is 3.02. The lowest BCUT2D eigenvalue weighted by Crippen LogP contribution is -2.41. The van der Waals surface area contributed by atoms with E-state index in [1.165, 1.54) is 0 Å². The first-order chi connectivity index (χ1) is 11.6. The summed E-state index contributed by atoms with van der Waals surface area (Å²) in [6.45, 7) is 5.32. The summed E-state index contributed by atoms with van der Waals surface area (Å²) in [7, 11) is 1.63. The number of methoxy groups -OCH3 is 1. The molecule has 1 aromatic carbocycles. The van der Waals surface area contributed by atoms with Gasteiger partial charge in [0.05, 0.1) is 13.0 Å². The number of piperidine rings is 1. The molecule has 0 radical (unpaired) electrons. The number of benzene rings is 1. The van der Waals surface area contributed by atoms with Crippen LogP contribution in [0.3, 0.4) is 0 Å². The topological polar surface area (TPSA) is 68.5 Å². The van der Waals surface area contributed by atoms with Crippen LogP contribution in [0.15, 0.2) is 28.7 Å². The molecule has 0 spiro atoms. The normalized spacial score (nSPS) is 18.0. The van der Waals surface area contributed by atoms with Gasteiger partial charge in [-0.05, 0) is 31.0 Å². The molecule has 1 aliphatic heterocycles. The van der Waals surface area contributed by atoms with Gasteiger partial charge >= 0.3 is 0 Å². The van der Waals surface area contributed by atoms with Crippen molar-refractivity contribution in [1.82, 2.24) is 15.1 Å². The predicted octanol–water partition coefficient (Wildman–Crippen LogP) is 3.11. The summed E-state index contributed by atoms with van der Waals surface area (Å²) < 4.78 is 11.1. The lowest BCUT2D eigenvalue weighted by Gasteiger charge is -2.32. The van der Waals surface area contributed by atoms with Gasteiger partial charge in [-0.25, -0.2) is 0 Å². The van der Waals surface area contributed by atoms with Crippen LogP contribution in [0.4, 0.5) is 0 Å². The summed E-state index contributed by atoms with van der Waals surface area (Å²) >= 11 is 0. The predicted molar refractivity (Wildman–Crippen MR) is 89.7 cm³/mol. The molecule has 1 aliphatic rings. The number of hydrogen-bond acceptors (Lipinski definition) is 5. The highest BCUT2D eigenvalue weighted by Gasteiger charge is 2.29. The number of nitrogens with zero attached hydrogens (tertiary/aromatic N) is 3. The van der Waals surface area contributed by atoms with E-state index in [0.29, 0.717) is 18.3 Å². The van der Waals surface area contributed by atoms with Crippen molar-refractivity contribution in [2.45, 2.75) is 32.6 Å². The van der Waals surface area contributed by atoms with Crippen LogP contribution in [-0.4, -0.2) is 41.2 Å². The quantitative estimate of drug-likeness (QED) is 0.862. The molecule has 0 saturated carbocycles. The molecule has 1 unspecified atom stereocenters. The van der Waals surface area contributed by atoms with Gasteiger partial charge in [-0.1, -0.05) is 19.9 Å². The Morgan fingerprint density at radius 3 is 2.96 bits per heavy atom. The second-order valence-electron chi connectivity index (χ2n) is 6.46. The zero-order valence-electron chi connectivity index (χ0n) is 14.4. The van der Waals surface area contributed by atoms with Crippen LogP contribution in [0.2, 0.25) is 0 Å². The van der Waals surface area contributed by atoms with Crippen LogP contribution in [0, 0.1) is 5.92 Å². The minimum atomic E-state index is 0.0128. The number of rotatable bonds is 4. The molecular weight excluding hydrogens is 306 g/mol. The fourth-order valence-corrected chi connectivity index (χ4v) is 3.02. The molecule has 6 heteroatoms. The van der Waals surface area contributed by atoms with Gasteiger partial charge in [-0.2, -0.15) is 0 Å². The molecule has 0 bridgehead atoms. The van der Waals surface area contributed by atoms with E-state index in [2.05, 4.69) is 10.2 Å². The first-order valence-electron chi connectivity index (χ1n) is 8.35. The Hall–Kier alpha value is -2.37. The Balaban J connectivity index is 1.76. The van der Waals surface area contributed by atoms with Gasteiger partial charge in [0.2, 0.25) is 17.7 Å². The van der Waals surface area contributed by atoms with Gasteiger partial charge in [0.15, 0.2) is 0 Å². The Labute approximate surface area is 141 Å². The van der Waals surface area contributed by atoms with E-state index < -0.39 is 0 Å². The lowest BCUT2D eigenvalue weighted by molar-refractivity contribution is -0.135. The van der Waals surface area contributed by atoms with Gasteiger partial charge in [-0.3, -0.25) is 4.79 Å². The summed E-state index contributed by atoms with van der Waals surface area (Å²) in [4.78, 5) is 14.1. The van der Waals surface area contributed by atoms with Crippen molar-refractivity contribution in [3.05, 3.63) is 30.2 Å². The van der Waals surface area contributed by atoms with Gasteiger partial charge in [0.25, 0.3) is 0 Å². The van der Waals surface area contributed by atoms with Gasteiger partial charge in [0, 0.05) is 24.6 Å². The van der Waals surface area contributed by atoms with Crippen molar-refractivity contribution in [2.24, 2.45) is 5.92 Å². The van der Waals surface area contributed by atoms with Crippen LogP contribution in [0.1, 0.15) is 38.5 Å². The smallest absolute Gasteiger partial charge is 0.247 e. The highest BCUT2D eigenvalue weighted by molar-refractivity contribution is 5.78. The lowest BCUT2D eigenvalue weighted by atomic mass is 9.97. The van der Waals surface area contributed by atoms with E-state index in [4.69, 9.17) is 9.15 Å². The van der Waals surface area contributed by atoms with E-state index in [9.17, 15) is 4.79 Å². The summed E-state index contributed by atoms with van der Waals surface area (Å²) in [5, 5.41) is 8.38. The molecular formula is C18H23N3O3. The zero-order chi connectivity index (χ0) is 17.1. The van der Waals surface area contributed by atoms with Crippen LogP contribution in [-0.2, 0) is 4.79 Å². The maximum Gasteiger partial charge on any atom is 0.247 e. The summed E-state index contributed by atoms with van der Waals surface area (Å²) in [6, 6.07) is 7.54. The molecule has 2 heterocycles. The Kier molecular flexibility index (Phi) is 4.83. The molecule has 1 atom stereocenters. The summed E-state index contributed by atoms with van der Waals surface area (Å²) in [6.07, 6.45) is 1.92. The van der Waals surface area contributed by atoms with Crippen molar-refractivity contribution >= 4 is 5.91 Å². The molecule has 0 N–H and O–H groups in total. The maximum absolute atomic E-state index is 12.2. The van der Waals surface area contributed by atoms with E-state index in [1.54, 1.807) is 7.11 Å². The molecule has 1 fully saturated rings. The molecule has 0 aliphatic carbocycles. The molecule has 128 valence electrons. The number of carbonyl (C=O) groups is 1. The van der Waals surface area contributed by atoms with Crippen LogP contribution in [0.5, 0.6) is 5.75 Å². The van der Waals surface area contributed by atoms with E-state index >= 15 is 0 Å². The minimum Gasteiger partial charge on any atom is -0.497 e. The van der Waals surface area contributed by atoms with Crippen molar-refractivity contribution < 1.29 is 13.9 Å². The monoisotopic (exact) mass is 329 g/mol. The number of likely N-dealkylation sites (tertiary alicyclic amines) is 1. The van der Waals surface area contributed by atoms with Crippen LogP contribution >= 0.6 is 0 Å². The first kappa shape index (κ1) is 16.5. The number of hydrogen-bond donors (Lipinski definition) is 0. The Morgan fingerprint density at radius 2 is 2.21 bits per heavy atom. The standard InChI is InChI=1S/C18H23N3O3/c1-12(2)18(22)21-9-5-7-14(11-21)17-20-19-16(24-17)13-6-4-8-15(10-13)23-3/h4,6,8,10,12,14H,5,7,9,11H2,1-3H3. The van der Waals surface area contributed by atoms with E-state index in [-0.39, 0.29) is 17.7 Å². The average Bonchev–Trinajstić information content (AvgIpc) is 3.11. The van der Waals surface area contributed by atoms with E-state index in [1.807, 2.05) is 43.0 Å². The highest BCUT2D eigenvalue weighted by Crippen LogP contribution is 2.30. The third kappa shape index (κ3) is 3.42. The summed E-state index contributed by atoms with van der Waals surface area (Å²) in [5.74, 6) is 2.14. The second kappa shape index (κ2) is 7.03. The van der Waals surface area contributed by atoms with Crippen molar-refractivity contribution in [3.63, 3.8) is 0 Å². The average molecular weight is 329 g/mol. The number of amides is 1. The van der Waals surface area contributed by atoms with Crippen molar-refractivity contribution in [2.75, 3.05) is 20.2 Å². The Morgan fingerprint density at radius 1 is 1.38 bits per heavy atom. The second-order valence-corrected chi connectivity index (χ2v) is 6.46. The van der Waals surface area contributed by atoms with Crippen molar-refractivity contribution in [3.8, 4) is 17.2 Å².